The van der Waals surface area contributed by atoms with E-state index in [0.717, 1.165) is 5.56 Å². The van der Waals surface area contributed by atoms with Crippen molar-refractivity contribution >= 4 is 34.8 Å². The third kappa shape index (κ3) is 3.19. The molecule has 0 aliphatic rings. The molecule has 1 amide bonds. The van der Waals surface area contributed by atoms with E-state index in [4.69, 9.17) is 23.2 Å². The predicted octanol–water partition coefficient (Wildman–Crippen LogP) is 4.26. The van der Waals surface area contributed by atoms with E-state index in [-0.39, 0.29) is 16.7 Å². The summed E-state index contributed by atoms with van der Waals surface area (Å²) in [5.41, 5.74) is 1.77. The number of hydrogen-bond donors (Lipinski definition) is 2. The minimum absolute atomic E-state index is 0.0812. The maximum atomic E-state index is 12.1. The third-order valence-electron chi connectivity index (χ3n) is 2.65. The van der Waals surface area contributed by atoms with Gasteiger partial charge in [0.2, 0.25) is 0 Å². The second-order valence-electron chi connectivity index (χ2n) is 4.08. The van der Waals surface area contributed by atoms with Gasteiger partial charge in [0.25, 0.3) is 5.91 Å². The second-order valence-corrected chi connectivity index (χ2v) is 4.92. The number of anilines is 1. The summed E-state index contributed by atoms with van der Waals surface area (Å²) in [4.78, 5) is 12.1. The number of aryl methyl sites for hydroxylation is 1. The van der Waals surface area contributed by atoms with Crippen LogP contribution in [0.3, 0.4) is 0 Å². The van der Waals surface area contributed by atoms with Gasteiger partial charge in [0.1, 0.15) is 5.75 Å². The Labute approximate surface area is 120 Å². The lowest BCUT2D eigenvalue weighted by atomic mass is 10.1. The highest BCUT2D eigenvalue weighted by molar-refractivity contribution is 6.32. The van der Waals surface area contributed by atoms with Gasteiger partial charge in [-0.15, -0.1) is 0 Å². The molecule has 0 aliphatic carbocycles. The van der Waals surface area contributed by atoms with Crippen molar-refractivity contribution in [2.24, 2.45) is 0 Å². The van der Waals surface area contributed by atoms with Crippen molar-refractivity contribution in [2.45, 2.75) is 6.92 Å². The quantitative estimate of drug-likeness (QED) is 0.870. The maximum Gasteiger partial charge on any atom is 0.255 e. The van der Waals surface area contributed by atoms with E-state index in [9.17, 15) is 9.90 Å². The summed E-state index contributed by atoms with van der Waals surface area (Å²) in [7, 11) is 0. The minimum atomic E-state index is -0.290. The molecule has 98 valence electrons. The van der Waals surface area contributed by atoms with Crippen LogP contribution in [0.4, 0.5) is 5.69 Å². The molecule has 0 bridgehead atoms. The molecule has 2 aromatic rings. The van der Waals surface area contributed by atoms with Crippen LogP contribution in [-0.4, -0.2) is 11.0 Å². The van der Waals surface area contributed by atoms with Gasteiger partial charge in [-0.2, -0.15) is 0 Å². The van der Waals surface area contributed by atoms with Crippen LogP contribution < -0.4 is 5.32 Å². The molecule has 0 saturated carbocycles. The van der Waals surface area contributed by atoms with Gasteiger partial charge in [0, 0.05) is 22.3 Å². The van der Waals surface area contributed by atoms with Gasteiger partial charge in [-0.3, -0.25) is 4.79 Å². The number of nitrogens with one attached hydrogen (secondary N) is 1. The topological polar surface area (TPSA) is 49.3 Å². The van der Waals surface area contributed by atoms with Crippen molar-refractivity contribution in [1.29, 1.82) is 0 Å². The number of halogens is 2. The van der Waals surface area contributed by atoms with Crippen LogP contribution in [0, 0.1) is 6.92 Å². The van der Waals surface area contributed by atoms with Gasteiger partial charge in [-0.1, -0.05) is 29.3 Å². The molecule has 0 saturated heterocycles. The Hall–Kier alpha value is -1.71. The van der Waals surface area contributed by atoms with Crippen LogP contribution in [0.5, 0.6) is 5.75 Å². The van der Waals surface area contributed by atoms with Gasteiger partial charge >= 0.3 is 0 Å². The number of hydrogen-bond acceptors (Lipinski definition) is 2. The lowest BCUT2D eigenvalue weighted by molar-refractivity contribution is 0.102. The number of phenols is 1. The summed E-state index contributed by atoms with van der Waals surface area (Å²) >= 11 is 11.6. The number of rotatable bonds is 2. The summed E-state index contributed by atoms with van der Waals surface area (Å²) < 4.78 is 0. The summed E-state index contributed by atoms with van der Waals surface area (Å²) in [6, 6.07) is 9.61. The van der Waals surface area contributed by atoms with E-state index in [0.29, 0.717) is 16.3 Å². The molecule has 2 N–H and O–H groups in total. The molecule has 3 nitrogen and oxygen atoms in total. The van der Waals surface area contributed by atoms with Crippen LogP contribution in [0.1, 0.15) is 15.9 Å². The highest BCUT2D eigenvalue weighted by atomic mass is 35.5. The maximum absolute atomic E-state index is 12.1. The summed E-state index contributed by atoms with van der Waals surface area (Å²) in [5.74, 6) is -0.371. The SMILES string of the molecule is Cc1ccc(Cl)cc1C(=O)Nc1ccc(Cl)c(O)c1. The Morgan fingerprint density at radius 2 is 1.89 bits per heavy atom. The molecule has 19 heavy (non-hydrogen) atoms. The van der Waals surface area contributed by atoms with E-state index in [1.807, 2.05) is 6.92 Å². The Kier molecular flexibility index (Phi) is 3.98. The van der Waals surface area contributed by atoms with E-state index in [1.165, 1.54) is 12.1 Å². The number of aromatic hydroxyl groups is 1. The average Bonchev–Trinajstić information content (AvgIpc) is 2.36. The van der Waals surface area contributed by atoms with Gasteiger partial charge < -0.3 is 10.4 Å². The molecule has 0 aliphatic heterocycles. The van der Waals surface area contributed by atoms with Crippen LogP contribution in [0.2, 0.25) is 10.0 Å². The zero-order valence-corrected chi connectivity index (χ0v) is 11.6. The monoisotopic (exact) mass is 295 g/mol. The van der Waals surface area contributed by atoms with Crippen molar-refractivity contribution < 1.29 is 9.90 Å². The van der Waals surface area contributed by atoms with Gasteiger partial charge in [-0.05, 0) is 36.8 Å². The lowest BCUT2D eigenvalue weighted by Crippen LogP contribution is -2.13. The number of carbonyl (C=O) groups is 1. The Morgan fingerprint density at radius 1 is 1.16 bits per heavy atom. The molecule has 5 heteroatoms. The first-order valence-corrected chi connectivity index (χ1v) is 6.29. The Bertz CT molecular complexity index is 641. The summed E-state index contributed by atoms with van der Waals surface area (Å²) in [6.07, 6.45) is 0. The smallest absolute Gasteiger partial charge is 0.255 e. The molecule has 0 fully saturated rings. The number of benzene rings is 2. The van der Waals surface area contributed by atoms with Crippen LogP contribution in [0.15, 0.2) is 36.4 Å². The van der Waals surface area contributed by atoms with E-state index in [1.54, 1.807) is 24.3 Å². The van der Waals surface area contributed by atoms with Crippen molar-refractivity contribution in [3.63, 3.8) is 0 Å². The first kappa shape index (κ1) is 13.7. The van der Waals surface area contributed by atoms with Gasteiger partial charge in [0.15, 0.2) is 0 Å². The van der Waals surface area contributed by atoms with Crippen molar-refractivity contribution in [2.75, 3.05) is 5.32 Å². The molecule has 0 spiro atoms. The minimum Gasteiger partial charge on any atom is -0.506 e. The van der Waals surface area contributed by atoms with Crippen molar-refractivity contribution in [3.05, 3.63) is 57.6 Å². The highest BCUT2D eigenvalue weighted by Crippen LogP contribution is 2.26. The highest BCUT2D eigenvalue weighted by Gasteiger charge is 2.10. The Balaban J connectivity index is 2.25. The summed E-state index contributed by atoms with van der Waals surface area (Å²) in [5, 5.41) is 12.9. The number of phenolic OH excluding ortho intramolecular Hbond substituents is 1. The van der Waals surface area contributed by atoms with E-state index >= 15 is 0 Å². The first-order chi connectivity index (χ1) is 8.97. The predicted molar refractivity (Wildman–Crippen MR) is 77.3 cm³/mol. The number of carbonyl (C=O) groups excluding carboxylic acids is 1. The van der Waals surface area contributed by atoms with Crippen LogP contribution >= 0.6 is 23.2 Å². The van der Waals surface area contributed by atoms with Crippen molar-refractivity contribution in [3.8, 4) is 5.75 Å². The molecule has 0 aromatic heterocycles. The van der Waals surface area contributed by atoms with Gasteiger partial charge in [0.05, 0.1) is 5.02 Å². The summed E-state index contributed by atoms with van der Waals surface area (Å²) in [6.45, 7) is 1.82. The molecule has 2 rings (SSSR count). The third-order valence-corrected chi connectivity index (χ3v) is 3.20. The van der Waals surface area contributed by atoms with E-state index in [2.05, 4.69) is 5.32 Å². The van der Waals surface area contributed by atoms with Gasteiger partial charge in [-0.25, -0.2) is 0 Å². The normalized spacial score (nSPS) is 10.3. The fourth-order valence-corrected chi connectivity index (χ4v) is 1.92. The van der Waals surface area contributed by atoms with Crippen molar-refractivity contribution in [1.82, 2.24) is 0 Å². The number of amides is 1. The Morgan fingerprint density at radius 3 is 2.58 bits per heavy atom. The lowest BCUT2D eigenvalue weighted by Gasteiger charge is -2.09. The standard InChI is InChI=1S/C14H11Cl2NO2/c1-8-2-3-9(15)6-11(8)14(19)17-10-4-5-12(16)13(18)7-10/h2-7,18H,1H3,(H,17,19). The largest absolute Gasteiger partial charge is 0.506 e. The molecule has 0 heterocycles. The average molecular weight is 296 g/mol. The molecular formula is C14H11Cl2NO2. The second kappa shape index (κ2) is 5.51. The molecule has 2 aromatic carbocycles. The van der Waals surface area contributed by atoms with Crippen LogP contribution in [-0.2, 0) is 0 Å². The molecule has 0 unspecified atom stereocenters. The molecule has 0 atom stereocenters. The first-order valence-electron chi connectivity index (χ1n) is 5.53. The fraction of sp³-hybridized carbons (Fsp3) is 0.0714. The zero-order valence-electron chi connectivity index (χ0n) is 10.1. The van der Waals surface area contributed by atoms with Crippen LogP contribution in [0.25, 0.3) is 0 Å². The molecule has 0 radical (unpaired) electrons. The van der Waals surface area contributed by atoms with E-state index < -0.39 is 0 Å². The molecular weight excluding hydrogens is 285 g/mol. The zero-order chi connectivity index (χ0) is 14.0. The fourth-order valence-electron chi connectivity index (χ4n) is 1.63.